The number of nitrogens with zero attached hydrogens (tertiary/aromatic N) is 3. The molecule has 0 radical (unpaired) electrons. The van der Waals surface area contributed by atoms with E-state index < -0.39 is 11.1 Å². The van der Waals surface area contributed by atoms with Crippen molar-refractivity contribution >= 4 is 17.3 Å². The molecule has 2 heterocycles. The summed E-state index contributed by atoms with van der Waals surface area (Å²) in [4.78, 5) is 29.8. The molecule has 1 aromatic heterocycles. The third-order valence-corrected chi connectivity index (χ3v) is 4.78. The third-order valence-electron chi connectivity index (χ3n) is 4.78. The lowest BCUT2D eigenvalue weighted by molar-refractivity contribution is -0.384. The van der Waals surface area contributed by atoms with E-state index in [2.05, 4.69) is 10.3 Å². The quantitative estimate of drug-likeness (QED) is 0.508. The average molecular weight is 390 g/mol. The van der Waals surface area contributed by atoms with E-state index in [0.29, 0.717) is 29.2 Å². The number of fused-ring (bicyclic) bond motifs is 1. The maximum atomic E-state index is 13.0. The van der Waals surface area contributed by atoms with Crippen LogP contribution in [-0.4, -0.2) is 27.8 Å². The topological polar surface area (TPSA) is 97.6 Å². The number of nitro groups is 1. The monoisotopic (exact) mass is 390 g/mol. The highest BCUT2D eigenvalue weighted by atomic mass is 16.6. The maximum Gasteiger partial charge on any atom is 0.271 e. The molecule has 0 bridgehead atoms. The second kappa shape index (κ2) is 7.59. The molecule has 8 nitrogen and oxygen atoms in total. The molecule has 29 heavy (non-hydrogen) atoms. The van der Waals surface area contributed by atoms with Crippen molar-refractivity contribution in [3.05, 3.63) is 93.8 Å². The molecule has 0 unspecified atom stereocenters. The molecule has 2 aromatic carbocycles. The number of amides is 1. The summed E-state index contributed by atoms with van der Waals surface area (Å²) in [5.74, 6) is 0.283. The van der Waals surface area contributed by atoms with Crippen LogP contribution in [0.1, 0.15) is 27.8 Å². The van der Waals surface area contributed by atoms with Gasteiger partial charge in [-0.1, -0.05) is 30.3 Å². The molecule has 0 fully saturated rings. The number of benzene rings is 2. The van der Waals surface area contributed by atoms with Gasteiger partial charge in [-0.3, -0.25) is 19.9 Å². The lowest BCUT2D eigenvalue weighted by Crippen LogP contribution is -2.32. The number of rotatable bonds is 6. The van der Waals surface area contributed by atoms with Gasteiger partial charge in [0.25, 0.3) is 11.6 Å². The van der Waals surface area contributed by atoms with Crippen molar-refractivity contribution in [2.75, 3.05) is 12.4 Å². The number of non-ortho nitro benzene ring substituents is 1. The molecule has 1 atom stereocenters. The van der Waals surface area contributed by atoms with Gasteiger partial charge in [-0.05, 0) is 23.8 Å². The molecule has 1 aliphatic heterocycles. The van der Waals surface area contributed by atoms with E-state index in [0.717, 1.165) is 5.56 Å². The largest absolute Gasteiger partial charge is 0.495 e. The summed E-state index contributed by atoms with van der Waals surface area (Å²) in [6.07, 6.45) is 1.03. The Morgan fingerprint density at radius 1 is 1.17 bits per heavy atom. The van der Waals surface area contributed by atoms with Crippen LogP contribution in [0.5, 0.6) is 5.75 Å². The molecular formula is C21H18N4O4. The Morgan fingerprint density at radius 3 is 2.69 bits per heavy atom. The number of anilines is 1. The van der Waals surface area contributed by atoms with Crippen molar-refractivity contribution in [3.63, 3.8) is 0 Å². The average Bonchev–Trinajstić information content (AvgIpc) is 3.00. The van der Waals surface area contributed by atoms with Gasteiger partial charge in [0.1, 0.15) is 11.9 Å². The van der Waals surface area contributed by atoms with Gasteiger partial charge in [0, 0.05) is 24.9 Å². The van der Waals surface area contributed by atoms with Gasteiger partial charge in [-0.25, -0.2) is 0 Å². The Morgan fingerprint density at radius 2 is 1.97 bits per heavy atom. The first-order valence-electron chi connectivity index (χ1n) is 8.97. The first-order valence-corrected chi connectivity index (χ1v) is 8.97. The van der Waals surface area contributed by atoms with E-state index in [-0.39, 0.29) is 11.6 Å². The van der Waals surface area contributed by atoms with Crippen molar-refractivity contribution in [2.24, 2.45) is 0 Å². The summed E-state index contributed by atoms with van der Waals surface area (Å²) < 4.78 is 5.35. The van der Waals surface area contributed by atoms with Gasteiger partial charge < -0.3 is 15.0 Å². The standard InChI is InChI=1S/C21H18N4O4/c1-29-18-10-9-15(25(27)28)12-17(18)23-20-19-16(8-5-11-22-19)21(26)24(20)13-14-6-3-2-4-7-14/h2-12,20,23H,13H2,1H3/t20-/m0/s1. The summed E-state index contributed by atoms with van der Waals surface area (Å²) >= 11 is 0. The molecule has 1 amide bonds. The van der Waals surface area contributed by atoms with Crippen LogP contribution in [0, 0.1) is 10.1 Å². The summed E-state index contributed by atoms with van der Waals surface area (Å²) in [6.45, 7) is 0.366. The van der Waals surface area contributed by atoms with E-state index in [1.54, 1.807) is 23.2 Å². The van der Waals surface area contributed by atoms with Crippen LogP contribution in [-0.2, 0) is 6.54 Å². The molecule has 0 spiro atoms. The van der Waals surface area contributed by atoms with Crippen LogP contribution in [0.15, 0.2) is 66.9 Å². The summed E-state index contributed by atoms with van der Waals surface area (Å²) in [5.41, 5.74) is 2.38. The highest BCUT2D eigenvalue weighted by Crippen LogP contribution is 2.37. The number of ether oxygens (including phenoxy) is 1. The van der Waals surface area contributed by atoms with Crippen molar-refractivity contribution < 1.29 is 14.5 Å². The molecule has 1 aliphatic rings. The van der Waals surface area contributed by atoms with Crippen LogP contribution in [0.2, 0.25) is 0 Å². The number of nitrogens with one attached hydrogen (secondary N) is 1. The molecular weight excluding hydrogens is 372 g/mol. The SMILES string of the molecule is COc1ccc([N+](=O)[O-])cc1N[C@@H]1c2ncccc2C(=O)N1Cc1ccccc1. The smallest absolute Gasteiger partial charge is 0.271 e. The van der Waals surface area contributed by atoms with Crippen LogP contribution in [0.4, 0.5) is 11.4 Å². The number of pyridine rings is 1. The van der Waals surface area contributed by atoms with Gasteiger partial charge in [0.05, 0.1) is 29.0 Å². The van der Waals surface area contributed by atoms with E-state index >= 15 is 0 Å². The summed E-state index contributed by atoms with van der Waals surface area (Å²) in [6, 6.07) is 17.4. The third kappa shape index (κ3) is 3.47. The van der Waals surface area contributed by atoms with Crippen molar-refractivity contribution in [2.45, 2.75) is 12.7 Å². The fourth-order valence-electron chi connectivity index (χ4n) is 3.39. The van der Waals surface area contributed by atoms with Crippen LogP contribution in [0.3, 0.4) is 0 Å². The van der Waals surface area contributed by atoms with Gasteiger partial charge >= 0.3 is 0 Å². The molecule has 0 saturated heterocycles. The zero-order chi connectivity index (χ0) is 20.4. The number of methoxy groups -OCH3 is 1. The van der Waals surface area contributed by atoms with E-state index in [1.807, 2.05) is 30.3 Å². The second-order valence-electron chi connectivity index (χ2n) is 6.54. The van der Waals surface area contributed by atoms with Crippen LogP contribution in [0.25, 0.3) is 0 Å². The van der Waals surface area contributed by atoms with Crippen molar-refractivity contribution in [1.82, 2.24) is 9.88 Å². The lowest BCUT2D eigenvalue weighted by atomic mass is 10.2. The minimum atomic E-state index is -0.588. The summed E-state index contributed by atoms with van der Waals surface area (Å²) in [5, 5.41) is 14.4. The van der Waals surface area contributed by atoms with Crippen molar-refractivity contribution in [1.29, 1.82) is 0 Å². The van der Waals surface area contributed by atoms with Crippen LogP contribution >= 0.6 is 0 Å². The fourth-order valence-corrected chi connectivity index (χ4v) is 3.39. The number of carbonyl (C=O) groups excluding carboxylic acids is 1. The Bertz CT molecular complexity index is 1070. The zero-order valence-corrected chi connectivity index (χ0v) is 15.6. The molecule has 8 heteroatoms. The normalized spacial score (nSPS) is 15.1. The highest BCUT2D eigenvalue weighted by molar-refractivity contribution is 5.99. The number of hydrogen-bond acceptors (Lipinski definition) is 6. The molecule has 1 N–H and O–H groups in total. The predicted molar refractivity (Wildman–Crippen MR) is 107 cm³/mol. The van der Waals surface area contributed by atoms with E-state index in [9.17, 15) is 14.9 Å². The van der Waals surface area contributed by atoms with Crippen LogP contribution < -0.4 is 10.1 Å². The highest BCUT2D eigenvalue weighted by Gasteiger charge is 2.38. The minimum absolute atomic E-state index is 0.0755. The first-order chi connectivity index (χ1) is 14.1. The van der Waals surface area contributed by atoms with E-state index in [1.165, 1.54) is 25.3 Å². The summed E-state index contributed by atoms with van der Waals surface area (Å²) in [7, 11) is 1.49. The Labute approximate surface area is 166 Å². The minimum Gasteiger partial charge on any atom is -0.495 e. The maximum absolute atomic E-state index is 13.0. The number of nitro benzene ring substituents is 1. The van der Waals surface area contributed by atoms with Gasteiger partial charge in [0.15, 0.2) is 0 Å². The van der Waals surface area contributed by atoms with Gasteiger partial charge in [-0.2, -0.15) is 0 Å². The Hall–Kier alpha value is -3.94. The Kier molecular flexibility index (Phi) is 4.82. The number of hydrogen-bond donors (Lipinski definition) is 1. The zero-order valence-electron chi connectivity index (χ0n) is 15.6. The lowest BCUT2D eigenvalue weighted by Gasteiger charge is -2.27. The van der Waals surface area contributed by atoms with Crippen molar-refractivity contribution in [3.8, 4) is 5.75 Å². The Balaban J connectivity index is 1.74. The molecule has 4 rings (SSSR count). The molecule has 0 aliphatic carbocycles. The number of aromatic nitrogens is 1. The predicted octanol–water partition coefficient (Wildman–Crippen LogP) is 3.77. The first kappa shape index (κ1) is 18.4. The molecule has 0 saturated carbocycles. The van der Waals surface area contributed by atoms with Gasteiger partial charge in [0.2, 0.25) is 0 Å². The second-order valence-corrected chi connectivity index (χ2v) is 6.54. The molecule has 3 aromatic rings. The van der Waals surface area contributed by atoms with Gasteiger partial charge in [-0.15, -0.1) is 0 Å². The van der Waals surface area contributed by atoms with E-state index in [4.69, 9.17) is 4.74 Å². The molecule has 146 valence electrons. The number of carbonyl (C=O) groups is 1. The fraction of sp³-hybridized carbons (Fsp3) is 0.143.